The number of benzene rings is 1. The highest BCUT2D eigenvalue weighted by molar-refractivity contribution is 5.38. The molecular formula is C22H27F5. The van der Waals surface area contributed by atoms with E-state index in [0.29, 0.717) is 30.2 Å². The first-order valence-corrected chi connectivity index (χ1v) is 10.3. The zero-order chi connectivity index (χ0) is 19.3. The maximum atomic E-state index is 14.4. The smallest absolute Gasteiger partial charge is 0.206 e. The van der Waals surface area contributed by atoms with E-state index in [0.717, 1.165) is 30.2 Å². The van der Waals surface area contributed by atoms with Crippen molar-refractivity contribution in [2.24, 2.45) is 29.6 Å². The summed E-state index contributed by atoms with van der Waals surface area (Å²) >= 11 is 0. The van der Waals surface area contributed by atoms with E-state index in [1.807, 2.05) is 0 Å². The zero-order valence-corrected chi connectivity index (χ0v) is 15.7. The predicted octanol–water partition coefficient (Wildman–Crippen LogP) is 6.94. The van der Waals surface area contributed by atoms with Crippen molar-refractivity contribution in [1.29, 1.82) is 0 Å². The molecule has 5 heteroatoms. The molecule has 3 aliphatic carbocycles. The molecule has 1 aromatic carbocycles. The zero-order valence-electron chi connectivity index (χ0n) is 15.7. The van der Waals surface area contributed by atoms with Crippen molar-refractivity contribution in [2.75, 3.05) is 0 Å². The molecular weight excluding hydrogens is 359 g/mol. The van der Waals surface area contributed by atoms with Crippen LogP contribution in [-0.2, 0) is 19.0 Å². The van der Waals surface area contributed by atoms with Gasteiger partial charge in [0, 0.05) is 0 Å². The third-order valence-electron chi connectivity index (χ3n) is 7.53. The second-order valence-corrected chi connectivity index (χ2v) is 9.20. The van der Waals surface area contributed by atoms with Gasteiger partial charge in [-0.25, -0.2) is 8.78 Å². The van der Waals surface area contributed by atoms with Crippen LogP contribution in [0.4, 0.5) is 22.0 Å². The summed E-state index contributed by atoms with van der Waals surface area (Å²) in [6.07, 6.45) is 3.99. The highest BCUT2D eigenvalue weighted by atomic mass is 19.4. The van der Waals surface area contributed by atoms with Gasteiger partial charge in [0.15, 0.2) is 0 Å². The number of hydrogen-bond acceptors (Lipinski definition) is 0. The van der Waals surface area contributed by atoms with Gasteiger partial charge < -0.3 is 0 Å². The van der Waals surface area contributed by atoms with Gasteiger partial charge in [-0.2, -0.15) is 13.2 Å². The van der Waals surface area contributed by atoms with E-state index < -0.39 is 23.4 Å². The van der Waals surface area contributed by atoms with E-state index in [1.165, 1.54) is 32.1 Å². The van der Waals surface area contributed by atoms with Crippen molar-refractivity contribution in [3.05, 3.63) is 34.4 Å². The standard InChI is InChI=1S/C22H27F5/c1-12-2-3-14-9-15(5-4-13(14)8-12)16-6-7-18-17(10-16)11-19(23)20(21(18)24)22(25,26)27/h11-16H,2-10H2,1H3. The van der Waals surface area contributed by atoms with Gasteiger partial charge in [-0.1, -0.05) is 13.3 Å². The Morgan fingerprint density at radius 1 is 0.852 bits per heavy atom. The van der Waals surface area contributed by atoms with Crippen molar-refractivity contribution >= 4 is 0 Å². The summed E-state index contributed by atoms with van der Waals surface area (Å²) in [7, 11) is 0. The van der Waals surface area contributed by atoms with Crippen molar-refractivity contribution in [3.8, 4) is 0 Å². The summed E-state index contributed by atoms with van der Waals surface area (Å²) in [6.45, 7) is 2.33. The lowest BCUT2D eigenvalue weighted by Gasteiger charge is -2.44. The quantitative estimate of drug-likeness (QED) is 0.459. The minimum Gasteiger partial charge on any atom is -0.206 e. The third-order valence-corrected chi connectivity index (χ3v) is 7.53. The fourth-order valence-electron chi connectivity index (χ4n) is 6.13. The lowest BCUT2D eigenvalue weighted by Crippen LogP contribution is -2.35. The van der Waals surface area contributed by atoms with E-state index in [4.69, 9.17) is 0 Å². The highest BCUT2D eigenvalue weighted by Crippen LogP contribution is 2.48. The topological polar surface area (TPSA) is 0 Å². The summed E-state index contributed by atoms with van der Waals surface area (Å²) in [5.74, 6) is 0.436. The molecule has 1 aromatic rings. The van der Waals surface area contributed by atoms with Gasteiger partial charge in [0.2, 0.25) is 0 Å². The molecule has 0 aliphatic heterocycles. The molecule has 0 amide bonds. The van der Waals surface area contributed by atoms with Crippen LogP contribution >= 0.6 is 0 Å². The first-order valence-electron chi connectivity index (χ1n) is 10.3. The lowest BCUT2D eigenvalue weighted by atomic mass is 9.61. The first kappa shape index (κ1) is 19.2. The van der Waals surface area contributed by atoms with Crippen LogP contribution < -0.4 is 0 Å². The Morgan fingerprint density at radius 2 is 1.48 bits per heavy atom. The Hall–Kier alpha value is -1.13. The molecule has 2 saturated carbocycles. The number of rotatable bonds is 1. The Balaban J connectivity index is 1.51. The van der Waals surface area contributed by atoms with Crippen LogP contribution in [-0.4, -0.2) is 0 Å². The summed E-state index contributed by atoms with van der Waals surface area (Å²) in [5, 5.41) is 0. The van der Waals surface area contributed by atoms with E-state index in [1.54, 1.807) is 0 Å². The van der Waals surface area contributed by atoms with Crippen LogP contribution in [0.25, 0.3) is 0 Å². The molecule has 0 saturated heterocycles. The summed E-state index contributed by atoms with van der Waals surface area (Å²) < 4.78 is 67.2. The second-order valence-electron chi connectivity index (χ2n) is 9.20. The summed E-state index contributed by atoms with van der Waals surface area (Å²) in [6, 6.07) is 0.946. The molecule has 0 radical (unpaired) electrons. The predicted molar refractivity (Wildman–Crippen MR) is 94.2 cm³/mol. The molecule has 4 rings (SSSR count). The molecule has 3 aliphatic rings. The molecule has 0 heterocycles. The highest BCUT2D eigenvalue weighted by Gasteiger charge is 2.42. The number of alkyl halides is 3. The number of hydrogen-bond donors (Lipinski definition) is 0. The Bertz CT molecular complexity index is 708. The van der Waals surface area contributed by atoms with Gasteiger partial charge >= 0.3 is 6.18 Å². The van der Waals surface area contributed by atoms with Gasteiger partial charge in [-0.3, -0.25) is 0 Å². The van der Waals surface area contributed by atoms with Gasteiger partial charge in [0.25, 0.3) is 0 Å². The number of halogens is 5. The average molecular weight is 386 g/mol. The molecule has 2 fully saturated rings. The molecule has 0 aromatic heterocycles. The lowest BCUT2D eigenvalue weighted by molar-refractivity contribution is -0.142. The Labute approximate surface area is 157 Å². The maximum Gasteiger partial charge on any atom is 0.422 e. The fourth-order valence-corrected chi connectivity index (χ4v) is 6.13. The largest absolute Gasteiger partial charge is 0.422 e. The van der Waals surface area contributed by atoms with Crippen LogP contribution in [0.1, 0.15) is 68.6 Å². The van der Waals surface area contributed by atoms with Gasteiger partial charge in [0.05, 0.1) is 0 Å². The average Bonchev–Trinajstić information content (AvgIpc) is 2.59. The van der Waals surface area contributed by atoms with E-state index in [9.17, 15) is 22.0 Å². The molecule has 0 bridgehead atoms. The van der Waals surface area contributed by atoms with Gasteiger partial charge in [-0.05, 0) is 98.1 Å². The van der Waals surface area contributed by atoms with Crippen molar-refractivity contribution < 1.29 is 22.0 Å². The molecule has 150 valence electrons. The monoisotopic (exact) mass is 386 g/mol. The number of fused-ring (bicyclic) bond motifs is 2. The van der Waals surface area contributed by atoms with Crippen molar-refractivity contribution in [1.82, 2.24) is 0 Å². The van der Waals surface area contributed by atoms with Crippen LogP contribution in [0.2, 0.25) is 0 Å². The van der Waals surface area contributed by atoms with Crippen LogP contribution in [0.5, 0.6) is 0 Å². The molecule has 0 spiro atoms. The Kier molecular flexibility index (Phi) is 5.00. The molecule has 5 atom stereocenters. The van der Waals surface area contributed by atoms with Crippen LogP contribution in [0.3, 0.4) is 0 Å². The Morgan fingerprint density at radius 3 is 2.19 bits per heavy atom. The minimum atomic E-state index is -4.99. The first-order chi connectivity index (χ1) is 12.7. The molecule has 27 heavy (non-hydrogen) atoms. The maximum absolute atomic E-state index is 14.4. The second kappa shape index (κ2) is 7.04. The molecule has 0 N–H and O–H groups in total. The third kappa shape index (κ3) is 3.63. The summed E-state index contributed by atoms with van der Waals surface area (Å²) in [5.41, 5.74) is -1.19. The van der Waals surface area contributed by atoms with E-state index in [-0.39, 0.29) is 12.0 Å². The van der Waals surface area contributed by atoms with Crippen molar-refractivity contribution in [2.45, 2.75) is 70.9 Å². The van der Waals surface area contributed by atoms with Gasteiger partial charge in [0.1, 0.15) is 17.2 Å². The normalized spacial score (nSPS) is 34.1. The SMILES string of the molecule is CC1CCC2CC(C3CCc4c(cc(F)c(C(F)(F)F)c4F)C3)CCC2C1. The van der Waals surface area contributed by atoms with Crippen LogP contribution in [0, 0.1) is 41.2 Å². The van der Waals surface area contributed by atoms with E-state index >= 15 is 0 Å². The van der Waals surface area contributed by atoms with Crippen molar-refractivity contribution in [3.63, 3.8) is 0 Å². The van der Waals surface area contributed by atoms with Gasteiger partial charge in [-0.15, -0.1) is 0 Å². The molecule has 5 unspecified atom stereocenters. The summed E-state index contributed by atoms with van der Waals surface area (Å²) in [4.78, 5) is 0. The van der Waals surface area contributed by atoms with Crippen LogP contribution in [0.15, 0.2) is 6.07 Å². The molecule has 0 nitrogen and oxygen atoms in total. The van der Waals surface area contributed by atoms with E-state index in [2.05, 4.69) is 6.92 Å². The minimum absolute atomic E-state index is 0.0835. The fraction of sp³-hybridized carbons (Fsp3) is 0.727.